The summed E-state index contributed by atoms with van der Waals surface area (Å²) in [5.41, 5.74) is 1.55. The lowest BCUT2D eigenvalue weighted by Crippen LogP contribution is -2.58. The second-order valence-electron chi connectivity index (χ2n) is 5.44. The highest BCUT2D eigenvalue weighted by atomic mass is 79.9. The molecule has 1 N–H and O–H groups in total. The van der Waals surface area contributed by atoms with E-state index in [2.05, 4.69) is 20.8 Å². The van der Waals surface area contributed by atoms with Gasteiger partial charge in [-0.05, 0) is 31.0 Å². The standard InChI is InChI=1S/C14H16BrNO3/c15-10-1-2-12(11(7-10)13(17)18)16-8-14(9-16)3-5-19-6-4-14/h1-2,7H,3-6,8-9H2,(H,17,18). The summed E-state index contributed by atoms with van der Waals surface area (Å²) in [4.78, 5) is 13.5. The summed E-state index contributed by atoms with van der Waals surface area (Å²) >= 11 is 3.33. The van der Waals surface area contributed by atoms with E-state index < -0.39 is 5.97 Å². The molecule has 1 aromatic rings. The number of carbonyl (C=O) groups is 1. The number of ether oxygens (including phenoxy) is 1. The molecule has 2 aliphatic heterocycles. The summed E-state index contributed by atoms with van der Waals surface area (Å²) in [6, 6.07) is 5.46. The van der Waals surface area contributed by atoms with Crippen molar-refractivity contribution >= 4 is 27.6 Å². The number of aromatic carboxylic acids is 1. The van der Waals surface area contributed by atoms with Crippen molar-refractivity contribution in [3.63, 3.8) is 0 Å². The van der Waals surface area contributed by atoms with Gasteiger partial charge in [-0.15, -0.1) is 0 Å². The third kappa shape index (κ3) is 2.37. The van der Waals surface area contributed by atoms with Crippen molar-refractivity contribution < 1.29 is 14.6 Å². The van der Waals surface area contributed by atoms with E-state index in [1.54, 1.807) is 6.07 Å². The summed E-state index contributed by atoms with van der Waals surface area (Å²) in [5.74, 6) is -0.871. The number of carboxylic acids is 1. The lowest BCUT2D eigenvalue weighted by atomic mass is 9.73. The highest BCUT2D eigenvalue weighted by Gasteiger charge is 2.44. The smallest absolute Gasteiger partial charge is 0.337 e. The molecule has 2 fully saturated rings. The number of benzene rings is 1. The lowest BCUT2D eigenvalue weighted by Gasteiger charge is -2.53. The van der Waals surface area contributed by atoms with Crippen LogP contribution in [0, 0.1) is 5.41 Å². The van der Waals surface area contributed by atoms with Gasteiger partial charge in [0.25, 0.3) is 0 Å². The van der Waals surface area contributed by atoms with Crippen LogP contribution in [0.2, 0.25) is 0 Å². The molecule has 0 saturated carbocycles. The predicted octanol–water partition coefficient (Wildman–Crippen LogP) is 2.76. The first-order valence-corrected chi connectivity index (χ1v) is 7.25. The highest BCUT2D eigenvalue weighted by Crippen LogP contribution is 2.43. The second-order valence-corrected chi connectivity index (χ2v) is 6.35. The lowest BCUT2D eigenvalue weighted by molar-refractivity contribution is -0.000299. The van der Waals surface area contributed by atoms with Gasteiger partial charge in [0.15, 0.2) is 0 Å². The maximum Gasteiger partial charge on any atom is 0.337 e. The molecule has 0 bridgehead atoms. The van der Waals surface area contributed by atoms with Gasteiger partial charge in [0.05, 0.1) is 11.3 Å². The molecule has 3 rings (SSSR count). The van der Waals surface area contributed by atoms with Gasteiger partial charge in [-0.3, -0.25) is 0 Å². The maximum atomic E-state index is 11.3. The minimum atomic E-state index is -0.871. The molecule has 0 aromatic heterocycles. The van der Waals surface area contributed by atoms with Crippen molar-refractivity contribution in [2.45, 2.75) is 12.8 Å². The first-order chi connectivity index (χ1) is 9.10. The van der Waals surface area contributed by atoms with Gasteiger partial charge in [0, 0.05) is 36.2 Å². The Morgan fingerprint density at radius 2 is 2.00 bits per heavy atom. The predicted molar refractivity (Wildman–Crippen MR) is 75.8 cm³/mol. The van der Waals surface area contributed by atoms with Crippen molar-refractivity contribution in [2.75, 3.05) is 31.2 Å². The van der Waals surface area contributed by atoms with E-state index in [1.165, 1.54) is 0 Å². The Labute approximate surface area is 120 Å². The Bertz CT molecular complexity index is 503. The van der Waals surface area contributed by atoms with Gasteiger partial charge in [0.2, 0.25) is 0 Å². The van der Waals surface area contributed by atoms with E-state index in [1.807, 2.05) is 12.1 Å². The van der Waals surface area contributed by atoms with Crippen LogP contribution in [-0.2, 0) is 4.74 Å². The van der Waals surface area contributed by atoms with Gasteiger partial charge < -0.3 is 14.7 Å². The maximum absolute atomic E-state index is 11.3. The summed E-state index contributed by atoms with van der Waals surface area (Å²) in [6.07, 6.45) is 2.17. The van der Waals surface area contributed by atoms with Crippen LogP contribution in [0.25, 0.3) is 0 Å². The normalized spacial score (nSPS) is 21.2. The third-order valence-electron chi connectivity index (χ3n) is 4.14. The summed E-state index contributed by atoms with van der Waals surface area (Å²) in [6.45, 7) is 3.55. The molecular weight excluding hydrogens is 310 g/mol. The molecule has 0 amide bonds. The van der Waals surface area contributed by atoms with E-state index in [9.17, 15) is 9.90 Å². The highest BCUT2D eigenvalue weighted by molar-refractivity contribution is 9.10. The average Bonchev–Trinajstić information content (AvgIpc) is 2.37. The van der Waals surface area contributed by atoms with E-state index in [0.29, 0.717) is 11.0 Å². The number of rotatable bonds is 2. The molecule has 0 aliphatic carbocycles. The SMILES string of the molecule is O=C(O)c1cc(Br)ccc1N1CC2(CCOCC2)C1. The molecule has 4 nitrogen and oxygen atoms in total. The number of hydrogen-bond acceptors (Lipinski definition) is 3. The van der Waals surface area contributed by atoms with Crippen LogP contribution in [0.1, 0.15) is 23.2 Å². The zero-order valence-electron chi connectivity index (χ0n) is 10.6. The minimum absolute atomic E-state index is 0.348. The first kappa shape index (κ1) is 12.9. The van der Waals surface area contributed by atoms with Crippen LogP contribution in [0.15, 0.2) is 22.7 Å². The Morgan fingerprint density at radius 1 is 1.32 bits per heavy atom. The topological polar surface area (TPSA) is 49.8 Å². The third-order valence-corrected chi connectivity index (χ3v) is 4.63. The van der Waals surface area contributed by atoms with Gasteiger partial charge in [-0.25, -0.2) is 4.79 Å². The Balaban J connectivity index is 1.79. The summed E-state index contributed by atoms with van der Waals surface area (Å²) in [5, 5.41) is 9.29. The van der Waals surface area contributed by atoms with Crippen molar-refractivity contribution in [3.8, 4) is 0 Å². The van der Waals surface area contributed by atoms with Crippen molar-refractivity contribution in [1.29, 1.82) is 0 Å². The molecule has 19 heavy (non-hydrogen) atoms. The van der Waals surface area contributed by atoms with E-state index in [4.69, 9.17) is 4.74 Å². The fraction of sp³-hybridized carbons (Fsp3) is 0.500. The van der Waals surface area contributed by atoms with E-state index in [0.717, 1.165) is 49.3 Å². The van der Waals surface area contributed by atoms with Crippen LogP contribution in [-0.4, -0.2) is 37.4 Å². The van der Waals surface area contributed by atoms with Crippen LogP contribution in [0.3, 0.4) is 0 Å². The number of carboxylic acid groups (broad SMARTS) is 1. The average molecular weight is 326 g/mol. The fourth-order valence-electron chi connectivity index (χ4n) is 3.01. The molecule has 0 unspecified atom stereocenters. The largest absolute Gasteiger partial charge is 0.478 e. The monoisotopic (exact) mass is 325 g/mol. The van der Waals surface area contributed by atoms with Crippen molar-refractivity contribution in [3.05, 3.63) is 28.2 Å². The minimum Gasteiger partial charge on any atom is -0.478 e. The molecule has 0 radical (unpaired) electrons. The van der Waals surface area contributed by atoms with Gasteiger partial charge in [0.1, 0.15) is 0 Å². The number of anilines is 1. The van der Waals surface area contributed by atoms with E-state index in [-0.39, 0.29) is 0 Å². The molecule has 1 aromatic carbocycles. The van der Waals surface area contributed by atoms with Crippen molar-refractivity contribution in [1.82, 2.24) is 0 Å². The summed E-state index contributed by atoms with van der Waals surface area (Å²) < 4.78 is 6.20. The molecule has 1 spiro atoms. The number of hydrogen-bond donors (Lipinski definition) is 1. The molecule has 2 saturated heterocycles. The Morgan fingerprint density at radius 3 is 2.63 bits per heavy atom. The van der Waals surface area contributed by atoms with Crippen molar-refractivity contribution in [2.24, 2.45) is 5.41 Å². The van der Waals surface area contributed by atoms with Gasteiger partial charge in [-0.2, -0.15) is 0 Å². The molecule has 2 aliphatic rings. The quantitative estimate of drug-likeness (QED) is 0.908. The summed E-state index contributed by atoms with van der Waals surface area (Å²) in [7, 11) is 0. The first-order valence-electron chi connectivity index (χ1n) is 6.45. The van der Waals surface area contributed by atoms with Gasteiger partial charge >= 0.3 is 5.97 Å². The van der Waals surface area contributed by atoms with Crippen LogP contribution in [0.4, 0.5) is 5.69 Å². The van der Waals surface area contributed by atoms with E-state index >= 15 is 0 Å². The molecule has 0 atom stereocenters. The fourth-order valence-corrected chi connectivity index (χ4v) is 3.37. The Hall–Kier alpha value is -1.07. The van der Waals surface area contributed by atoms with Crippen LogP contribution < -0.4 is 4.90 Å². The van der Waals surface area contributed by atoms with Crippen LogP contribution >= 0.6 is 15.9 Å². The molecule has 2 heterocycles. The number of nitrogens with zero attached hydrogens (tertiary/aromatic N) is 1. The second kappa shape index (κ2) is 4.80. The zero-order valence-corrected chi connectivity index (χ0v) is 12.1. The van der Waals surface area contributed by atoms with Crippen LogP contribution in [0.5, 0.6) is 0 Å². The van der Waals surface area contributed by atoms with Gasteiger partial charge in [-0.1, -0.05) is 15.9 Å². The molecule has 5 heteroatoms. The molecular formula is C14H16BrNO3. The zero-order chi connectivity index (χ0) is 13.5. The number of halogens is 1. The molecule has 102 valence electrons. The Kier molecular flexibility index (Phi) is 3.27.